The van der Waals surface area contributed by atoms with E-state index in [4.69, 9.17) is 5.73 Å². The molecule has 9 unspecified atom stereocenters. The highest BCUT2D eigenvalue weighted by Gasteiger charge is 2.63. The van der Waals surface area contributed by atoms with Crippen molar-refractivity contribution in [2.45, 2.75) is 57.8 Å². The lowest BCUT2D eigenvalue weighted by molar-refractivity contribution is -0.124. The van der Waals surface area contributed by atoms with Crippen molar-refractivity contribution in [1.29, 1.82) is 0 Å². The van der Waals surface area contributed by atoms with E-state index < -0.39 is 0 Å². The number of primary amides is 1. The Labute approximate surface area is 128 Å². The van der Waals surface area contributed by atoms with Gasteiger partial charge in [-0.05, 0) is 92.3 Å². The molecule has 0 heterocycles. The Morgan fingerprint density at radius 2 is 1.29 bits per heavy atom. The van der Waals surface area contributed by atoms with Crippen molar-refractivity contribution in [3.05, 3.63) is 0 Å². The van der Waals surface area contributed by atoms with Crippen LogP contribution in [0, 0.1) is 53.3 Å². The minimum atomic E-state index is -0.000325. The van der Waals surface area contributed by atoms with Crippen LogP contribution in [0.4, 0.5) is 0 Å². The van der Waals surface area contributed by atoms with Crippen LogP contribution in [0.25, 0.3) is 0 Å². The Hall–Kier alpha value is -0.530. The number of carbonyl (C=O) groups is 1. The van der Waals surface area contributed by atoms with Gasteiger partial charge in [0.25, 0.3) is 0 Å². The summed E-state index contributed by atoms with van der Waals surface area (Å²) in [4.78, 5) is 11.8. The Bertz CT molecular complexity index is 460. The lowest BCUT2D eigenvalue weighted by Crippen LogP contribution is -2.46. The molecule has 0 aromatic carbocycles. The van der Waals surface area contributed by atoms with Crippen LogP contribution in [0.3, 0.4) is 0 Å². The first-order valence-electron chi connectivity index (χ1n) is 9.55. The van der Waals surface area contributed by atoms with Gasteiger partial charge in [-0.3, -0.25) is 4.79 Å². The summed E-state index contributed by atoms with van der Waals surface area (Å²) < 4.78 is 0. The quantitative estimate of drug-likeness (QED) is 0.787. The Morgan fingerprint density at radius 3 is 2.05 bits per heavy atom. The lowest BCUT2D eigenvalue weighted by atomic mass is 9.53. The van der Waals surface area contributed by atoms with Gasteiger partial charge in [-0.25, -0.2) is 0 Å². The largest absolute Gasteiger partial charge is 0.369 e. The predicted octanol–water partition coefficient (Wildman–Crippen LogP) is 3.60. The summed E-state index contributed by atoms with van der Waals surface area (Å²) in [5, 5.41) is 0. The zero-order valence-electron chi connectivity index (χ0n) is 13.0. The van der Waals surface area contributed by atoms with Gasteiger partial charge in [-0.15, -0.1) is 0 Å². The van der Waals surface area contributed by atoms with E-state index in [1.165, 1.54) is 51.4 Å². The third kappa shape index (κ3) is 1.74. The molecule has 9 atom stereocenters. The zero-order chi connectivity index (χ0) is 14.1. The van der Waals surface area contributed by atoms with E-state index >= 15 is 0 Å². The van der Waals surface area contributed by atoms with Crippen molar-refractivity contribution < 1.29 is 4.79 Å². The van der Waals surface area contributed by atoms with Gasteiger partial charge in [0.2, 0.25) is 5.91 Å². The number of hydrogen-bond donors (Lipinski definition) is 1. The van der Waals surface area contributed by atoms with Crippen LogP contribution >= 0.6 is 0 Å². The second-order valence-electron chi connectivity index (χ2n) is 8.91. The summed E-state index contributed by atoms with van der Waals surface area (Å²) in [6, 6.07) is 0. The Kier molecular flexibility index (Phi) is 2.77. The van der Waals surface area contributed by atoms with Gasteiger partial charge in [0.1, 0.15) is 0 Å². The van der Waals surface area contributed by atoms with E-state index in [1.54, 1.807) is 0 Å². The first kappa shape index (κ1) is 13.0. The minimum Gasteiger partial charge on any atom is -0.369 e. The van der Waals surface area contributed by atoms with E-state index in [9.17, 15) is 4.79 Å². The molecule has 1 amide bonds. The molecule has 0 aromatic rings. The number of nitrogens with two attached hydrogens (primary N) is 1. The molecule has 0 spiro atoms. The van der Waals surface area contributed by atoms with Gasteiger partial charge < -0.3 is 5.73 Å². The molecule has 0 aromatic heterocycles. The maximum Gasteiger partial charge on any atom is 0.220 e. The van der Waals surface area contributed by atoms with Crippen LogP contribution in [0.5, 0.6) is 0 Å². The summed E-state index contributed by atoms with van der Waals surface area (Å²) >= 11 is 0. The second kappa shape index (κ2) is 4.49. The van der Waals surface area contributed by atoms with E-state index in [1.807, 2.05) is 0 Å². The highest BCUT2D eigenvalue weighted by molar-refractivity contribution is 5.77. The van der Waals surface area contributed by atoms with Crippen LogP contribution in [0.15, 0.2) is 0 Å². The first-order valence-corrected chi connectivity index (χ1v) is 9.55. The Morgan fingerprint density at radius 1 is 0.667 bits per heavy atom. The molecule has 2 nitrogen and oxygen atoms in total. The van der Waals surface area contributed by atoms with Crippen molar-refractivity contribution >= 4 is 5.91 Å². The number of hydrogen-bond acceptors (Lipinski definition) is 1. The smallest absolute Gasteiger partial charge is 0.220 e. The lowest BCUT2D eigenvalue weighted by Gasteiger charge is -2.52. The fourth-order valence-corrected chi connectivity index (χ4v) is 7.80. The van der Waals surface area contributed by atoms with Crippen molar-refractivity contribution in [3.63, 3.8) is 0 Å². The van der Waals surface area contributed by atoms with Crippen molar-refractivity contribution in [3.8, 4) is 0 Å². The summed E-state index contributed by atoms with van der Waals surface area (Å²) in [5.41, 5.74) is 5.69. The molecule has 5 saturated carbocycles. The fourth-order valence-electron chi connectivity index (χ4n) is 7.80. The molecule has 5 fully saturated rings. The van der Waals surface area contributed by atoms with Crippen molar-refractivity contribution in [2.75, 3.05) is 0 Å². The van der Waals surface area contributed by atoms with E-state index in [-0.39, 0.29) is 11.8 Å². The van der Waals surface area contributed by atoms with Gasteiger partial charge >= 0.3 is 0 Å². The number of amides is 1. The summed E-state index contributed by atoms with van der Waals surface area (Å²) in [5.74, 6) is 8.03. The van der Waals surface area contributed by atoms with E-state index in [0.29, 0.717) is 5.92 Å². The molecule has 5 rings (SSSR count). The van der Waals surface area contributed by atoms with Gasteiger partial charge in [0.15, 0.2) is 0 Å². The fraction of sp³-hybridized carbons (Fsp3) is 0.947. The monoisotopic (exact) mass is 287 g/mol. The summed E-state index contributed by atoms with van der Waals surface area (Å²) in [6.07, 6.45) is 12.7. The summed E-state index contributed by atoms with van der Waals surface area (Å²) in [6.45, 7) is 0. The van der Waals surface area contributed by atoms with Gasteiger partial charge in [0.05, 0.1) is 0 Å². The summed E-state index contributed by atoms with van der Waals surface area (Å²) in [7, 11) is 0. The average molecular weight is 287 g/mol. The highest BCUT2D eigenvalue weighted by Crippen LogP contribution is 2.69. The molecule has 0 aliphatic heterocycles. The van der Waals surface area contributed by atoms with Gasteiger partial charge in [-0.2, -0.15) is 0 Å². The van der Waals surface area contributed by atoms with Crippen LogP contribution in [0.1, 0.15) is 57.8 Å². The normalized spacial score (nSPS) is 57.6. The number of fused-ring (bicyclic) bond motifs is 8. The molecule has 2 heteroatoms. The van der Waals surface area contributed by atoms with Crippen molar-refractivity contribution in [1.82, 2.24) is 0 Å². The average Bonchev–Trinajstić information content (AvgIpc) is 3.18. The standard InChI is InChI=1S/C19H29NO/c20-19(21)15-8-7-14-12(15)5-6-13-10-3-1-2-4-11(10)16-9-17(16)18(13)14/h10-18H,1-9H2,(H2,20,21). The number of rotatable bonds is 1. The number of carbonyl (C=O) groups excluding carboxylic acids is 1. The molecule has 5 aliphatic rings. The predicted molar refractivity (Wildman–Crippen MR) is 82.2 cm³/mol. The first-order chi connectivity index (χ1) is 10.3. The topological polar surface area (TPSA) is 43.1 Å². The second-order valence-corrected chi connectivity index (χ2v) is 8.91. The molecule has 0 radical (unpaired) electrons. The maximum atomic E-state index is 11.8. The Balaban J connectivity index is 1.44. The molecule has 0 saturated heterocycles. The molecule has 0 bridgehead atoms. The molecular formula is C19H29NO. The molecule has 21 heavy (non-hydrogen) atoms. The molecular weight excluding hydrogens is 258 g/mol. The van der Waals surface area contributed by atoms with Gasteiger partial charge in [-0.1, -0.05) is 12.8 Å². The van der Waals surface area contributed by atoms with Crippen LogP contribution in [0.2, 0.25) is 0 Å². The third-order valence-electron chi connectivity index (χ3n) is 8.43. The SMILES string of the molecule is NC(=O)C1CCC2C1CCC1C3CCCCC3C3CC3C21. The van der Waals surface area contributed by atoms with E-state index in [2.05, 4.69) is 0 Å². The van der Waals surface area contributed by atoms with E-state index in [0.717, 1.165) is 47.8 Å². The third-order valence-corrected chi connectivity index (χ3v) is 8.43. The minimum absolute atomic E-state index is 0.000325. The van der Waals surface area contributed by atoms with Crippen LogP contribution < -0.4 is 5.73 Å². The molecule has 116 valence electrons. The zero-order valence-corrected chi connectivity index (χ0v) is 13.0. The maximum absolute atomic E-state index is 11.8. The van der Waals surface area contributed by atoms with Crippen molar-refractivity contribution in [2.24, 2.45) is 59.0 Å². The van der Waals surface area contributed by atoms with Crippen LogP contribution in [-0.2, 0) is 4.79 Å². The highest BCUT2D eigenvalue weighted by atomic mass is 16.1. The molecule has 2 N–H and O–H groups in total. The molecule has 5 aliphatic carbocycles. The van der Waals surface area contributed by atoms with Crippen LogP contribution in [-0.4, -0.2) is 5.91 Å². The van der Waals surface area contributed by atoms with Gasteiger partial charge in [0, 0.05) is 5.92 Å².